The second-order valence-electron chi connectivity index (χ2n) is 6.38. The number of anilines is 1. The minimum Gasteiger partial charge on any atom is -0.353 e. The van der Waals surface area contributed by atoms with Crippen LogP contribution >= 0.6 is 23.1 Å². The average Bonchev–Trinajstić information content (AvgIpc) is 3.18. The van der Waals surface area contributed by atoms with Gasteiger partial charge in [-0.05, 0) is 30.2 Å². The first kappa shape index (κ1) is 16.8. The van der Waals surface area contributed by atoms with Crippen LogP contribution in [0.5, 0.6) is 0 Å². The number of piperidine rings is 1. The molecule has 3 fully saturated rings. The van der Waals surface area contributed by atoms with E-state index in [0.717, 1.165) is 24.1 Å². The highest BCUT2D eigenvalue weighted by Gasteiger charge is 2.45. The molecule has 2 bridgehead atoms. The van der Waals surface area contributed by atoms with Crippen LogP contribution in [0, 0.1) is 0 Å². The summed E-state index contributed by atoms with van der Waals surface area (Å²) in [6, 6.07) is 6.92. The number of thiophene rings is 1. The maximum Gasteiger partial charge on any atom is 0.234 e. The van der Waals surface area contributed by atoms with E-state index in [4.69, 9.17) is 0 Å². The third-order valence-electron chi connectivity index (χ3n) is 4.84. The topological polar surface area (TPSA) is 61.4 Å². The number of amides is 1. The molecule has 132 valence electrons. The zero-order valence-corrected chi connectivity index (χ0v) is 15.7. The van der Waals surface area contributed by atoms with Gasteiger partial charge in [-0.15, -0.1) is 11.3 Å². The molecule has 3 saturated heterocycles. The lowest BCUT2D eigenvalue weighted by molar-refractivity contribution is -0.127. The van der Waals surface area contributed by atoms with E-state index in [2.05, 4.69) is 25.1 Å². The molecular weight excluding hydrogens is 354 g/mol. The summed E-state index contributed by atoms with van der Waals surface area (Å²) < 4.78 is 0. The van der Waals surface area contributed by atoms with E-state index >= 15 is 0 Å². The number of rotatable bonds is 6. The van der Waals surface area contributed by atoms with Gasteiger partial charge in [-0.25, -0.2) is 9.97 Å². The van der Waals surface area contributed by atoms with E-state index in [-0.39, 0.29) is 5.91 Å². The Balaban J connectivity index is 1.30. The molecule has 0 radical (unpaired) electrons. The number of carbonyl (C=O) groups is 1. The van der Waals surface area contributed by atoms with Gasteiger partial charge in [0.25, 0.3) is 0 Å². The van der Waals surface area contributed by atoms with Crippen molar-refractivity contribution in [2.24, 2.45) is 0 Å². The smallest absolute Gasteiger partial charge is 0.234 e. The number of nitrogens with one attached hydrogen (secondary N) is 1. The van der Waals surface area contributed by atoms with Gasteiger partial charge in [0.15, 0.2) is 5.16 Å². The molecule has 5 heterocycles. The standard InChI is InChI=1S/C17H21N5OS2/c1-24-17-18-5-4-15(20-17)21-9-12-7-13(10-21)22(12)11-16(23)19-8-14-3-2-6-25-14/h2-6,12-13H,7-11H2,1H3,(H,19,23). The molecule has 0 aromatic carbocycles. The second kappa shape index (κ2) is 7.31. The normalized spacial score (nSPS) is 22.5. The average molecular weight is 376 g/mol. The summed E-state index contributed by atoms with van der Waals surface area (Å²) >= 11 is 3.23. The summed E-state index contributed by atoms with van der Waals surface area (Å²) in [7, 11) is 0. The fourth-order valence-corrected chi connectivity index (χ4v) is 4.55. The van der Waals surface area contributed by atoms with Crippen LogP contribution in [0.3, 0.4) is 0 Å². The highest BCUT2D eigenvalue weighted by molar-refractivity contribution is 7.98. The van der Waals surface area contributed by atoms with Crippen molar-refractivity contribution in [3.05, 3.63) is 34.7 Å². The van der Waals surface area contributed by atoms with Gasteiger partial charge < -0.3 is 10.2 Å². The van der Waals surface area contributed by atoms with E-state index in [1.54, 1.807) is 23.1 Å². The molecule has 2 atom stereocenters. The van der Waals surface area contributed by atoms with Crippen LogP contribution in [0.4, 0.5) is 5.82 Å². The molecule has 5 rings (SSSR count). The van der Waals surface area contributed by atoms with Crippen LogP contribution in [-0.2, 0) is 11.3 Å². The predicted octanol–water partition coefficient (Wildman–Crippen LogP) is 1.84. The third-order valence-corrected chi connectivity index (χ3v) is 6.27. The first-order chi connectivity index (χ1) is 12.2. The van der Waals surface area contributed by atoms with Crippen molar-refractivity contribution in [3.8, 4) is 0 Å². The van der Waals surface area contributed by atoms with Crippen molar-refractivity contribution in [1.29, 1.82) is 0 Å². The Morgan fingerprint density at radius 1 is 1.40 bits per heavy atom. The number of nitrogens with zero attached hydrogens (tertiary/aromatic N) is 4. The Morgan fingerprint density at radius 2 is 2.24 bits per heavy atom. The summed E-state index contributed by atoms with van der Waals surface area (Å²) in [5.41, 5.74) is 0. The predicted molar refractivity (Wildman–Crippen MR) is 101 cm³/mol. The SMILES string of the molecule is CSc1nccc(N2CC3CC(C2)N3CC(=O)NCc2cccs2)n1. The van der Waals surface area contributed by atoms with E-state index in [9.17, 15) is 4.79 Å². The van der Waals surface area contributed by atoms with Crippen molar-refractivity contribution in [1.82, 2.24) is 20.2 Å². The molecular formula is C17H21N5OS2. The van der Waals surface area contributed by atoms with Crippen molar-refractivity contribution in [2.45, 2.75) is 30.2 Å². The van der Waals surface area contributed by atoms with Crippen molar-refractivity contribution in [3.63, 3.8) is 0 Å². The third kappa shape index (κ3) is 3.65. The zero-order valence-electron chi connectivity index (χ0n) is 14.1. The Bertz CT molecular complexity index is 726. The molecule has 3 aliphatic heterocycles. The molecule has 0 saturated carbocycles. The van der Waals surface area contributed by atoms with Crippen molar-refractivity contribution >= 4 is 34.8 Å². The molecule has 25 heavy (non-hydrogen) atoms. The summed E-state index contributed by atoms with van der Waals surface area (Å²) in [5.74, 6) is 1.11. The highest BCUT2D eigenvalue weighted by atomic mass is 32.2. The fourth-order valence-electron chi connectivity index (χ4n) is 3.56. The molecule has 1 amide bonds. The van der Waals surface area contributed by atoms with Gasteiger partial charge in [-0.1, -0.05) is 17.8 Å². The van der Waals surface area contributed by atoms with E-state index in [0.29, 0.717) is 25.2 Å². The Morgan fingerprint density at radius 3 is 2.96 bits per heavy atom. The maximum absolute atomic E-state index is 12.2. The number of carbonyl (C=O) groups excluding carboxylic acids is 1. The number of aromatic nitrogens is 2. The Kier molecular flexibility index (Phi) is 4.91. The monoisotopic (exact) mass is 375 g/mol. The van der Waals surface area contributed by atoms with E-state index in [1.165, 1.54) is 11.3 Å². The van der Waals surface area contributed by atoms with Crippen LogP contribution in [0.15, 0.2) is 34.9 Å². The summed E-state index contributed by atoms with van der Waals surface area (Å²) in [6.45, 7) is 2.98. The van der Waals surface area contributed by atoms with Gasteiger partial charge in [0.2, 0.25) is 5.91 Å². The molecule has 0 spiro atoms. The Hall–Kier alpha value is -1.64. The fraction of sp³-hybridized carbons (Fsp3) is 0.471. The van der Waals surface area contributed by atoms with E-state index < -0.39 is 0 Å². The number of hydrogen-bond acceptors (Lipinski definition) is 7. The highest BCUT2D eigenvalue weighted by Crippen LogP contribution is 2.33. The van der Waals surface area contributed by atoms with Crippen molar-refractivity contribution in [2.75, 3.05) is 30.8 Å². The number of piperazine rings is 1. The molecule has 2 aromatic heterocycles. The first-order valence-electron chi connectivity index (χ1n) is 8.40. The largest absolute Gasteiger partial charge is 0.353 e. The summed E-state index contributed by atoms with van der Waals surface area (Å²) in [4.78, 5) is 26.9. The lowest BCUT2D eigenvalue weighted by Crippen LogP contribution is -2.70. The van der Waals surface area contributed by atoms with Crippen LogP contribution in [0.25, 0.3) is 0 Å². The Labute approximate surface area is 155 Å². The van der Waals surface area contributed by atoms with Gasteiger partial charge in [0.05, 0.1) is 13.1 Å². The van der Waals surface area contributed by atoms with Crippen LogP contribution in [0.1, 0.15) is 11.3 Å². The van der Waals surface area contributed by atoms with Crippen LogP contribution in [-0.4, -0.2) is 58.7 Å². The minimum absolute atomic E-state index is 0.114. The van der Waals surface area contributed by atoms with Gasteiger partial charge in [-0.2, -0.15) is 0 Å². The summed E-state index contributed by atoms with van der Waals surface area (Å²) in [5, 5.41) is 5.86. The van der Waals surface area contributed by atoms with Crippen LogP contribution < -0.4 is 10.2 Å². The lowest BCUT2D eigenvalue weighted by Gasteiger charge is -2.56. The van der Waals surface area contributed by atoms with Gasteiger partial charge in [-0.3, -0.25) is 9.69 Å². The van der Waals surface area contributed by atoms with Gasteiger partial charge in [0.1, 0.15) is 5.82 Å². The molecule has 2 unspecified atom stereocenters. The van der Waals surface area contributed by atoms with Crippen molar-refractivity contribution < 1.29 is 4.79 Å². The lowest BCUT2D eigenvalue weighted by atomic mass is 9.87. The molecule has 8 heteroatoms. The molecule has 0 aliphatic carbocycles. The maximum atomic E-state index is 12.2. The molecule has 1 N–H and O–H groups in total. The number of thioether (sulfide) groups is 1. The molecule has 2 aromatic rings. The first-order valence-corrected chi connectivity index (χ1v) is 10.5. The summed E-state index contributed by atoms with van der Waals surface area (Å²) in [6.07, 6.45) is 4.99. The molecule has 3 aliphatic rings. The number of fused-ring (bicyclic) bond motifs is 2. The van der Waals surface area contributed by atoms with Crippen LogP contribution in [0.2, 0.25) is 0 Å². The van der Waals surface area contributed by atoms with Gasteiger partial charge >= 0.3 is 0 Å². The van der Waals surface area contributed by atoms with Gasteiger partial charge in [0, 0.05) is 36.2 Å². The second-order valence-corrected chi connectivity index (χ2v) is 8.18. The quantitative estimate of drug-likeness (QED) is 0.614. The minimum atomic E-state index is 0.114. The number of hydrogen-bond donors (Lipinski definition) is 1. The zero-order chi connectivity index (χ0) is 17.2. The van der Waals surface area contributed by atoms with E-state index in [1.807, 2.05) is 36.0 Å². The molecule has 6 nitrogen and oxygen atoms in total.